The first-order valence-electron chi connectivity index (χ1n) is 5.48. The van der Waals surface area contributed by atoms with Crippen LogP contribution >= 0.6 is 0 Å². The first kappa shape index (κ1) is 10.7. The summed E-state index contributed by atoms with van der Waals surface area (Å²) in [5.41, 5.74) is 1.16. The lowest BCUT2D eigenvalue weighted by Gasteiger charge is -2.14. The van der Waals surface area contributed by atoms with Crippen LogP contribution in [-0.4, -0.2) is 20.8 Å². The zero-order valence-electron chi connectivity index (χ0n) is 9.37. The van der Waals surface area contributed by atoms with Crippen molar-refractivity contribution in [3.05, 3.63) is 43.0 Å². The van der Waals surface area contributed by atoms with Crippen LogP contribution in [-0.2, 0) is 6.54 Å². The largest absolute Gasteiger partial charge is 0.383 e. The van der Waals surface area contributed by atoms with E-state index in [1.165, 1.54) is 0 Å². The number of hydrogen-bond acceptors (Lipinski definition) is 3. The Kier molecular flexibility index (Phi) is 3.53. The molecule has 16 heavy (non-hydrogen) atoms. The SMILES string of the molecule is CC(CCn1cncn1)Nc1ccccc1. The summed E-state index contributed by atoms with van der Waals surface area (Å²) in [5.74, 6) is 0. The minimum absolute atomic E-state index is 0.423. The molecular formula is C12H16N4. The quantitative estimate of drug-likeness (QED) is 0.833. The second kappa shape index (κ2) is 5.30. The number of anilines is 1. The van der Waals surface area contributed by atoms with Crippen LogP contribution in [0.1, 0.15) is 13.3 Å². The van der Waals surface area contributed by atoms with Crippen LogP contribution in [0.2, 0.25) is 0 Å². The smallest absolute Gasteiger partial charge is 0.137 e. The van der Waals surface area contributed by atoms with Gasteiger partial charge in [0, 0.05) is 18.3 Å². The summed E-state index contributed by atoms with van der Waals surface area (Å²) in [4.78, 5) is 3.92. The minimum Gasteiger partial charge on any atom is -0.383 e. The third-order valence-corrected chi connectivity index (χ3v) is 2.44. The molecule has 0 amide bonds. The maximum atomic E-state index is 4.07. The zero-order valence-corrected chi connectivity index (χ0v) is 9.37. The van der Waals surface area contributed by atoms with E-state index in [4.69, 9.17) is 0 Å². The molecule has 0 saturated heterocycles. The monoisotopic (exact) mass is 216 g/mol. The Morgan fingerprint density at radius 3 is 2.81 bits per heavy atom. The third-order valence-electron chi connectivity index (χ3n) is 2.44. The Bertz CT molecular complexity index is 396. The molecule has 0 spiro atoms. The molecule has 4 heteroatoms. The first-order chi connectivity index (χ1) is 7.84. The van der Waals surface area contributed by atoms with Gasteiger partial charge in [-0.05, 0) is 25.5 Å². The average molecular weight is 216 g/mol. The van der Waals surface area contributed by atoms with Crippen LogP contribution in [0.3, 0.4) is 0 Å². The minimum atomic E-state index is 0.423. The molecule has 0 aliphatic rings. The van der Waals surface area contributed by atoms with Crippen LogP contribution in [0.25, 0.3) is 0 Å². The molecule has 0 aliphatic heterocycles. The van der Waals surface area contributed by atoms with Crippen molar-refractivity contribution in [2.75, 3.05) is 5.32 Å². The summed E-state index contributed by atoms with van der Waals surface area (Å²) in [6.07, 6.45) is 4.34. The molecule has 1 heterocycles. The van der Waals surface area contributed by atoms with Gasteiger partial charge in [-0.25, -0.2) is 4.98 Å². The molecule has 2 aromatic rings. The number of hydrogen-bond donors (Lipinski definition) is 1. The van der Waals surface area contributed by atoms with E-state index in [-0.39, 0.29) is 0 Å². The van der Waals surface area contributed by atoms with Crippen LogP contribution < -0.4 is 5.32 Å². The van der Waals surface area contributed by atoms with Crippen molar-refractivity contribution in [1.82, 2.24) is 14.8 Å². The summed E-state index contributed by atoms with van der Waals surface area (Å²) < 4.78 is 1.85. The molecule has 1 aromatic carbocycles. The van der Waals surface area contributed by atoms with Crippen molar-refractivity contribution in [3.63, 3.8) is 0 Å². The lowest BCUT2D eigenvalue weighted by Crippen LogP contribution is -2.17. The fourth-order valence-corrected chi connectivity index (χ4v) is 1.57. The van der Waals surface area contributed by atoms with Gasteiger partial charge in [-0.15, -0.1) is 0 Å². The molecule has 1 unspecified atom stereocenters. The Morgan fingerprint density at radius 2 is 2.12 bits per heavy atom. The number of nitrogens with zero attached hydrogens (tertiary/aromatic N) is 3. The van der Waals surface area contributed by atoms with Gasteiger partial charge in [-0.3, -0.25) is 4.68 Å². The topological polar surface area (TPSA) is 42.7 Å². The van der Waals surface area contributed by atoms with Gasteiger partial charge in [0.2, 0.25) is 0 Å². The van der Waals surface area contributed by atoms with Crippen LogP contribution in [0.15, 0.2) is 43.0 Å². The van der Waals surface area contributed by atoms with Crippen molar-refractivity contribution in [1.29, 1.82) is 0 Å². The van der Waals surface area contributed by atoms with Crippen molar-refractivity contribution >= 4 is 5.69 Å². The number of aromatic nitrogens is 3. The highest BCUT2D eigenvalue weighted by molar-refractivity contribution is 5.43. The van der Waals surface area contributed by atoms with E-state index in [1.807, 2.05) is 22.9 Å². The second-order valence-electron chi connectivity index (χ2n) is 3.86. The molecular weight excluding hydrogens is 200 g/mol. The fraction of sp³-hybridized carbons (Fsp3) is 0.333. The summed E-state index contributed by atoms with van der Waals surface area (Å²) in [5, 5.41) is 7.52. The van der Waals surface area contributed by atoms with E-state index >= 15 is 0 Å². The van der Waals surface area contributed by atoms with Gasteiger partial charge in [-0.1, -0.05) is 18.2 Å². The van der Waals surface area contributed by atoms with E-state index in [2.05, 4.69) is 34.5 Å². The predicted octanol–water partition coefficient (Wildman–Crippen LogP) is 2.17. The van der Waals surface area contributed by atoms with Gasteiger partial charge >= 0.3 is 0 Å². The molecule has 0 bridgehead atoms. The van der Waals surface area contributed by atoms with Crippen molar-refractivity contribution in [2.45, 2.75) is 25.9 Å². The molecule has 2 rings (SSSR count). The Labute approximate surface area is 95.3 Å². The predicted molar refractivity (Wildman–Crippen MR) is 64.2 cm³/mol. The number of benzene rings is 1. The van der Waals surface area contributed by atoms with Crippen LogP contribution in [0, 0.1) is 0 Å². The highest BCUT2D eigenvalue weighted by atomic mass is 15.3. The van der Waals surface area contributed by atoms with Crippen molar-refractivity contribution < 1.29 is 0 Å². The molecule has 4 nitrogen and oxygen atoms in total. The summed E-state index contributed by atoms with van der Waals surface area (Å²) in [7, 11) is 0. The summed E-state index contributed by atoms with van der Waals surface area (Å²) >= 11 is 0. The number of nitrogens with one attached hydrogen (secondary N) is 1. The van der Waals surface area contributed by atoms with E-state index in [1.54, 1.807) is 12.7 Å². The zero-order chi connectivity index (χ0) is 11.2. The Morgan fingerprint density at radius 1 is 1.31 bits per heavy atom. The summed E-state index contributed by atoms with van der Waals surface area (Å²) in [6, 6.07) is 10.7. The van der Waals surface area contributed by atoms with Gasteiger partial charge in [-0.2, -0.15) is 5.10 Å². The Balaban J connectivity index is 1.78. The lowest BCUT2D eigenvalue weighted by molar-refractivity contribution is 0.544. The van der Waals surface area contributed by atoms with Gasteiger partial charge < -0.3 is 5.32 Å². The molecule has 1 atom stereocenters. The molecule has 0 fully saturated rings. The molecule has 0 radical (unpaired) electrons. The van der Waals surface area contributed by atoms with E-state index in [0.717, 1.165) is 18.7 Å². The van der Waals surface area contributed by atoms with Crippen LogP contribution in [0.5, 0.6) is 0 Å². The number of para-hydroxylation sites is 1. The molecule has 1 aromatic heterocycles. The van der Waals surface area contributed by atoms with Crippen molar-refractivity contribution in [2.24, 2.45) is 0 Å². The highest BCUT2D eigenvalue weighted by Gasteiger charge is 2.02. The molecule has 1 N–H and O–H groups in total. The second-order valence-corrected chi connectivity index (χ2v) is 3.86. The standard InChI is InChI=1S/C12H16N4/c1-11(7-8-16-10-13-9-14-16)15-12-5-3-2-4-6-12/h2-6,9-11,15H,7-8H2,1H3. The maximum Gasteiger partial charge on any atom is 0.137 e. The fourth-order valence-electron chi connectivity index (χ4n) is 1.57. The third kappa shape index (κ3) is 3.08. The normalized spacial score (nSPS) is 12.3. The van der Waals surface area contributed by atoms with Crippen LogP contribution in [0.4, 0.5) is 5.69 Å². The van der Waals surface area contributed by atoms with Gasteiger partial charge in [0.1, 0.15) is 12.7 Å². The Hall–Kier alpha value is -1.84. The number of rotatable bonds is 5. The summed E-state index contributed by atoms with van der Waals surface area (Å²) in [6.45, 7) is 3.06. The maximum absolute atomic E-state index is 4.07. The van der Waals surface area contributed by atoms with Gasteiger partial charge in [0.25, 0.3) is 0 Å². The number of aryl methyl sites for hydroxylation is 1. The highest BCUT2D eigenvalue weighted by Crippen LogP contribution is 2.08. The van der Waals surface area contributed by atoms with Crippen molar-refractivity contribution in [3.8, 4) is 0 Å². The molecule has 0 aliphatic carbocycles. The average Bonchev–Trinajstić information content (AvgIpc) is 2.81. The molecule has 84 valence electrons. The first-order valence-corrected chi connectivity index (χ1v) is 5.48. The molecule has 0 saturated carbocycles. The van der Waals surface area contributed by atoms with E-state index in [0.29, 0.717) is 6.04 Å². The van der Waals surface area contributed by atoms with E-state index in [9.17, 15) is 0 Å². The lowest BCUT2D eigenvalue weighted by atomic mass is 10.2. The van der Waals surface area contributed by atoms with Gasteiger partial charge in [0.05, 0.1) is 0 Å². The van der Waals surface area contributed by atoms with E-state index < -0.39 is 0 Å². The van der Waals surface area contributed by atoms with Gasteiger partial charge in [0.15, 0.2) is 0 Å².